The summed E-state index contributed by atoms with van der Waals surface area (Å²) in [5.41, 5.74) is -0.153. The number of ether oxygens (including phenoxy) is 2. The third kappa shape index (κ3) is 3.43. The van der Waals surface area contributed by atoms with Crippen LogP contribution in [0.25, 0.3) is 0 Å². The first-order chi connectivity index (χ1) is 8.63. The lowest BCUT2D eigenvalue weighted by Crippen LogP contribution is -2.59. The van der Waals surface area contributed by atoms with Crippen LogP contribution in [0.5, 0.6) is 0 Å². The molecule has 0 aliphatic carbocycles. The second-order valence-corrected chi connectivity index (χ2v) is 5.51. The highest BCUT2D eigenvalue weighted by molar-refractivity contribution is 5.77. The molecule has 2 atom stereocenters. The van der Waals surface area contributed by atoms with Crippen molar-refractivity contribution in [1.82, 2.24) is 10.6 Å². The van der Waals surface area contributed by atoms with Crippen LogP contribution in [-0.4, -0.2) is 50.5 Å². The van der Waals surface area contributed by atoms with Crippen LogP contribution in [-0.2, 0) is 14.3 Å². The van der Waals surface area contributed by atoms with E-state index in [-0.39, 0.29) is 18.1 Å². The number of amides is 1. The summed E-state index contributed by atoms with van der Waals surface area (Å²) in [6.07, 6.45) is 2.36. The van der Waals surface area contributed by atoms with E-state index in [0.29, 0.717) is 18.6 Å². The summed E-state index contributed by atoms with van der Waals surface area (Å²) in [7, 11) is 0. The fourth-order valence-corrected chi connectivity index (χ4v) is 2.49. The van der Waals surface area contributed by atoms with E-state index in [9.17, 15) is 4.79 Å². The molecule has 0 aromatic rings. The number of nitrogens with one attached hydrogen (secondary N) is 2. The van der Waals surface area contributed by atoms with Crippen molar-refractivity contribution >= 4 is 5.91 Å². The molecule has 0 bridgehead atoms. The Bertz CT molecular complexity index is 292. The highest BCUT2D eigenvalue weighted by Gasteiger charge is 2.33. The van der Waals surface area contributed by atoms with Crippen LogP contribution in [0, 0.1) is 5.92 Å². The van der Waals surface area contributed by atoms with Gasteiger partial charge in [-0.25, -0.2) is 0 Å². The van der Waals surface area contributed by atoms with E-state index < -0.39 is 0 Å². The first kappa shape index (κ1) is 13.8. The van der Waals surface area contributed by atoms with Crippen molar-refractivity contribution < 1.29 is 14.3 Å². The number of carbonyl (C=O) groups excluding carboxylic acids is 1. The Balaban J connectivity index is 1.62. The Morgan fingerprint density at radius 3 is 2.94 bits per heavy atom. The minimum absolute atomic E-state index is 0.0233. The average Bonchev–Trinajstić information content (AvgIpc) is 2.78. The van der Waals surface area contributed by atoms with E-state index >= 15 is 0 Å². The van der Waals surface area contributed by atoms with Crippen LogP contribution in [0.4, 0.5) is 0 Å². The molecule has 0 aromatic carbocycles. The Morgan fingerprint density at radius 1 is 1.56 bits per heavy atom. The fourth-order valence-electron chi connectivity index (χ4n) is 2.49. The smallest absolute Gasteiger partial charge is 0.246 e. The minimum atomic E-state index is -0.153. The minimum Gasteiger partial charge on any atom is -0.378 e. The number of hydrogen-bond donors (Lipinski definition) is 2. The van der Waals surface area contributed by atoms with Crippen LogP contribution in [0.15, 0.2) is 0 Å². The highest BCUT2D eigenvalue weighted by Crippen LogP contribution is 2.22. The lowest BCUT2D eigenvalue weighted by atomic mass is 9.99. The van der Waals surface area contributed by atoms with Crippen molar-refractivity contribution in [3.8, 4) is 0 Å². The van der Waals surface area contributed by atoms with E-state index in [1.165, 1.54) is 0 Å². The molecule has 0 aromatic heterocycles. The molecule has 2 N–H and O–H groups in total. The summed E-state index contributed by atoms with van der Waals surface area (Å²) in [5, 5.41) is 6.09. The van der Waals surface area contributed by atoms with Crippen molar-refractivity contribution in [1.29, 1.82) is 0 Å². The summed E-state index contributed by atoms with van der Waals surface area (Å²) in [4.78, 5) is 11.7. The Kier molecular flexibility index (Phi) is 4.59. The molecule has 2 unspecified atom stereocenters. The predicted molar refractivity (Wildman–Crippen MR) is 68.4 cm³/mol. The highest BCUT2D eigenvalue weighted by atomic mass is 16.5. The lowest BCUT2D eigenvalue weighted by molar-refractivity contribution is -0.136. The fraction of sp³-hybridized carbons (Fsp3) is 0.923. The lowest BCUT2D eigenvalue weighted by Gasteiger charge is -2.38. The summed E-state index contributed by atoms with van der Waals surface area (Å²) in [5.74, 6) is 0.435. The van der Waals surface area contributed by atoms with Crippen LogP contribution < -0.4 is 10.6 Å². The molecule has 1 amide bonds. The molecule has 0 radical (unpaired) electrons. The average molecular weight is 256 g/mol. The van der Waals surface area contributed by atoms with Crippen molar-refractivity contribution in [2.45, 2.75) is 38.4 Å². The molecule has 0 spiro atoms. The Morgan fingerprint density at radius 2 is 2.33 bits per heavy atom. The predicted octanol–water partition coefficient (Wildman–Crippen LogP) is 0.296. The second kappa shape index (κ2) is 5.99. The van der Waals surface area contributed by atoms with Gasteiger partial charge in [-0.15, -0.1) is 0 Å². The molecule has 2 aliphatic heterocycles. The van der Waals surface area contributed by atoms with Crippen molar-refractivity contribution in [2.75, 3.05) is 32.8 Å². The van der Waals surface area contributed by atoms with Crippen LogP contribution in [0.1, 0.15) is 26.7 Å². The summed E-state index contributed by atoms with van der Waals surface area (Å²) >= 11 is 0. The van der Waals surface area contributed by atoms with E-state index in [2.05, 4.69) is 17.6 Å². The standard InChI is InChI=1S/C13H24N2O3/c1-3-11-10(4-5-17-11)6-15-12(16)7-18-13(2)8-14-9-13/h10-11,14H,3-9H2,1-2H3,(H,15,16). The van der Waals surface area contributed by atoms with E-state index in [0.717, 1.165) is 32.5 Å². The zero-order chi connectivity index (χ0) is 13.0. The van der Waals surface area contributed by atoms with Crippen LogP contribution >= 0.6 is 0 Å². The van der Waals surface area contributed by atoms with Crippen LogP contribution in [0.3, 0.4) is 0 Å². The SMILES string of the molecule is CCC1OCCC1CNC(=O)COC1(C)CNC1. The Hall–Kier alpha value is -0.650. The first-order valence-electron chi connectivity index (χ1n) is 6.86. The van der Waals surface area contributed by atoms with Gasteiger partial charge in [0.2, 0.25) is 5.91 Å². The maximum Gasteiger partial charge on any atom is 0.246 e. The zero-order valence-electron chi connectivity index (χ0n) is 11.3. The van der Waals surface area contributed by atoms with Gasteiger partial charge in [0.05, 0.1) is 11.7 Å². The topological polar surface area (TPSA) is 59.6 Å². The molecule has 0 saturated carbocycles. The van der Waals surface area contributed by atoms with Crippen LogP contribution in [0.2, 0.25) is 0 Å². The molecule has 2 saturated heterocycles. The molecule has 2 aliphatic rings. The van der Waals surface area contributed by atoms with Gasteiger partial charge in [0.15, 0.2) is 0 Å². The Labute approximate surface area is 109 Å². The van der Waals surface area contributed by atoms with Crippen molar-refractivity contribution in [2.24, 2.45) is 5.92 Å². The molecule has 2 fully saturated rings. The molecule has 5 heteroatoms. The molecule has 2 rings (SSSR count). The van der Waals surface area contributed by atoms with Gasteiger partial charge in [-0.1, -0.05) is 6.92 Å². The summed E-state index contributed by atoms with van der Waals surface area (Å²) in [6.45, 7) is 7.48. The molecule has 18 heavy (non-hydrogen) atoms. The van der Waals surface area contributed by atoms with Gasteiger partial charge in [-0.2, -0.15) is 0 Å². The second-order valence-electron chi connectivity index (χ2n) is 5.51. The van der Waals surface area contributed by atoms with Gasteiger partial charge in [-0.05, 0) is 19.8 Å². The molecule has 5 nitrogen and oxygen atoms in total. The third-order valence-corrected chi connectivity index (χ3v) is 3.86. The molecule has 2 heterocycles. The van der Waals surface area contributed by atoms with Crippen molar-refractivity contribution in [3.63, 3.8) is 0 Å². The maximum atomic E-state index is 11.7. The van der Waals surface area contributed by atoms with E-state index in [4.69, 9.17) is 9.47 Å². The quantitative estimate of drug-likeness (QED) is 0.717. The number of hydrogen-bond acceptors (Lipinski definition) is 4. The third-order valence-electron chi connectivity index (χ3n) is 3.86. The maximum absolute atomic E-state index is 11.7. The van der Waals surface area contributed by atoms with Gasteiger partial charge >= 0.3 is 0 Å². The number of rotatable bonds is 6. The van der Waals surface area contributed by atoms with Gasteiger partial charge in [0.1, 0.15) is 6.61 Å². The largest absolute Gasteiger partial charge is 0.378 e. The van der Waals surface area contributed by atoms with E-state index in [1.807, 2.05) is 6.92 Å². The van der Waals surface area contributed by atoms with Gasteiger partial charge < -0.3 is 20.1 Å². The summed E-state index contributed by atoms with van der Waals surface area (Å²) < 4.78 is 11.2. The molecular formula is C13H24N2O3. The van der Waals surface area contributed by atoms with Gasteiger partial charge in [0, 0.05) is 32.2 Å². The first-order valence-corrected chi connectivity index (χ1v) is 6.86. The molecular weight excluding hydrogens is 232 g/mol. The van der Waals surface area contributed by atoms with Gasteiger partial charge in [-0.3, -0.25) is 4.79 Å². The monoisotopic (exact) mass is 256 g/mol. The van der Waals surface area contributed by atoms with Crippen molar-refractivity contribution in [3.05, 3.63) is 0 Å². The zero-order valence-corrected chi connectivity index (χ0v) is 11.3. The van der Waals surface area contributed by atoms with E-state index in [1.54, 1.807) is 0 Å². The summed E-state index contributed by atoms with van der Waals surface area (Å²) in [6, 6.07) is 0. The number of carbonyl (C=O) groups is 1. The molecule has 104 valence electrons. The normalized spacial score (nSPS) is 29.9. The van der Waals surface area contributed by atoms with Gasteiger partial charge in [0.25, 0.3) is 0 Å².